The molecule has 6 N–H and O–H groups in total. The van der Waals surface area contributed by atoms with Gasteiger partial charge in [-0.1, -0.05) is 26.2 Å². The summed E-state index contributed by atoms with van der Waals surface area (Å²) in [5, 5.41) is 58.0. The lowest BCUT2D eigenvalue weighted by atomic mass is 9.95. The number of unbranched alkanes of at least 4 members (excludes halogenated alkanes) is 3. The van der Waals surface area contributed by atoms with Gasteiger partial charge < -0.3 is 40.1 Å². The molecule has 142 valence electrons. The van der Waals surface area contributed by atoms with E-state index in [0.717, 1.165) is 19.3 Å². The van der Waals surface area contributed by atoms with Crippen LogP contribution >= 0.6 is 0 Å². The minimum atomic E-state index is -2.16. The van der Waals surface area contributed by atoms with Gasteiger partial charge in [0.1, 0.15) is 18.3 Å². The Kier molecular flexibility index (Phi) is 8.51. The van der Waals surface area contributed by atoms with Gasteiger partial charge in [-0.05, 0) is 12.8 Å². The Labute approximate surface area is 140 Å². The molecule has 1 aliphatic heterocycles. The highest BCUT2D eigenvalue weighted by molar-refractivity contribution is 5.79. The maximum atomic E-state index is 12.1. The number of hydrogen-bond donors (Lipinski definition) is 6. The van der Waals surface area contributed by atoms with Crippen molar-refractivity contribution in [3.8, 4) is 0 Å². The third kappa shape index (κ3) is 5.09. The van der Waals surface area contributed by atoms with E-state index < -0.39 is 55.5 Å². The van der Waals surface area contributed by atoms with Crippen LogP contribution in [0.15, 0.2) is 0 Å². The minimum Gasteiger partial charge on any atom is -0.452 e. The number of hydrogen-bond acceptors (Lipinski definition) is 9. The lowest BCUT2D eigenvalue weighted by Crippen LogP contribution is -2.61. The van der Waals surface area contributed by atoms with Gasteiger partial charge in [0.25, 0.3) is 0 Å². The molecule has 24 heavy (non-hydrogen) atoms. The Bertz CT molecular complexity index is 391. The molecule has 0 spiro atoms. The molecule has 0 aromatic carbocycles. The Morgan fingerprint density at radius 2 is 1.79 bits per heavy atom. The predicted molar refractivity (Wildman–Crippen MR) is 80.7 cm³/mol. The van der Waals surface area contributed by atoms with Crippen molar-refractivity contribution < 1.29 is 44.9 Å². The average molecular weight is 352 g/mol. The smallest absolute Gasteiger partial charge is 0.341 e. The van der Waals surface area contributed by atoms with Crippen LogP contribution in [0.4, 0.5) is 0 Å². The van der Waals surface area contributed by atoms with Gasteiger partial charge in [-0.25, -0.2) is 4.79 Å². The van der Waals surface area contributed by atoms with Gasteiger partial charge in [0.15, 0.2) is 18.0 Å². The fourth-order valence-corrected chi connectivity index (χ4v) is 2.52. The van der Waals surface area contributed by atoms with Crippen LogP contribution in [0.2, 0.25) is 0 Å². The standard InChI is InChI=1S/C15H28O9/c1-2-3-4-5-6-15(22,8-17)14(21)24-12-11(19)10(18)9(7-16)23-13(12)20/h9-13,16-20,22H,2-8H2,1H3/t9-,10-,11+,12-,13?,15?/m1/s1. The molecule has 0 saturated carbocycles. The molecule has 0 radical (unpaired) electrons. The van der Waals surface area contributed by atoms with Crippen LogP contribution < -0.4 is 0 Å². The monoisotopic (exact) mass is 352 g/mol. The summed E-state index contributed by atoms with van der Waals surface area (Å²) >= 11 is 0. The van der Waals surface area contributed by atoms with Gasteiger partial charge in [0.05, 0.1) is 13.2 Å². The maximum Gasteiger partial charge on any atom is 0.341 e. The molecule has 1 rings (SSSR count). The van der Waals surface area contributed by atoms with Gasteiger partial charge >= 0.3 is 5.97 Å². The molecule has 1 saturated heterocycles. The Morgan fingerprint density at radius 1 is 1.12 bits per heavy atom. The molecule has 0 amide bonds. The SMILES string of the molecule is CCCCCCC(O)(CO)C(=O)O[C@H]1C(O)O[C@H](CO)[C@@H](O)[C@@H]1O. The molecule has 1 heterocycles. The minimum absolute atomic E-state index is 0.0378. The molecule has 1 aliphatic rings. The molecule has 0 aromatic heterocycles. The zero-order chi connectivity index (χ0) is 18.3. The van der Waals surface area contributed by atoms with Crippen molar-refractivity contribution in [1.29, 1.82) is 0 Å². The normalized spacial score (nSPS) is 33.0. The van der Waals surface area contributed by atoms with Crippen LogP contribution in [0.1, 0.15) is 39.0 Å². The Morgan fingerprint density at radius 3 is 2.33 bits per heavy atom. The first-order valence-corrected chi connectivity index (χ1v) is 8.15. The van der Waals surface area contributed by atoms with Crippen LogP contribution in [0.3, 0.4) is 0 Å². The van der Waals surface area contributed by atoms with Crippen LogP contribution in [0.25, 0.3) is 0 Å². The van der Waals surface area contributed by atoms with E-state index in [1.165, 1.54) is 0 Å². The molecular weight excluding hydrogens is 324 g/mol. The van der Waals surface area contributed by atoms with E-state index in [4.69, 9.17) is 14.6 Å². The summed E-state index contributed by atoms with van der Waals surface area (Å²) in [5.74, 6) is -1.22. The maximum absolute atomic E-state index is 12.1. The van der Waals surface area contributed by atoms with Crippen molar-refractivity contribution in [3.05, 3.63) is 0 Å². The highest BCUT2D eigenvalue weighted by atomic mass is 16.7. The lowest BCUT2D eigenvalue weighted by Gasteiger charge is -2.40. The first kappa shape index (κ1) is 21.2. The van der Waals surface area contributed by atoms with Crippen molar-refractivity contribution in [3.63, 3.8) is 0 Å². The highest BCUT2D eigenvalue weighted by Gasteiger charge is 2.48. The van der Waals surface area contributed by atoms with E-state index in [1.807, 2.05) is 6.92 Å². The van der Waals surface area contributed by atoms with Gasteiger partial charge in [0, 0.05) is 0 Å². The molecule has 6 atom stereocenters. The van der Waals surface area contributed by atoms with Gasteiger partial charge in [-0.15, -0.1) is 0 Å². The first-order chi connectivity index (χ1) is 11.3. The average Bonchev–Trinajstić information content (AvgIpc) is 2.58. The second-order valence-corrected chi connectivity index (χ2v) is 6.10. The highest BCUT2D eigenvalue weighted by Crippen LogP contribution is 2.25. The summed E-state index contributed by atoms with van der Waals surface area (Å²) in [6.45, 7) is 0.483. The third-order valence-electron chi connectivity index (χ3n) is 4.17. The van der Waals surface area contributed by atoms with Gasteiger partial charge in [0.2, 0.25) is 0 Å². The summed E-state index contributed by atoms with van der Waals surface area (Å²) in [6, 6.07) is 0. The van der Waals surface area contributed by atoms with E-state index in [2.05, 4.69) is 0 Å². The fraction of sp³-hybridized carbons (Fsp3) is 0.933. The van der Waals surface area contributed by atoms with Crippen molar-refractivity contribution in [2.24, 2.45) is 0 Å². The van der Waals surface area contributed by atoms with Crippen molar-refractivity contribution in [2.45, 2.75) is 75.3 Å². The fourth-order valence-electron chi connectivity index (χ4n) is 2.52. The third-order valence-corrected chi connectivity index (χ3v) is 4.17. The Balaban J connectivity index is 2.69. The lowest BCUT2D eigenvalue weighted by molar-refractivity contribution is -0.294. The van der Waals surface area contributed by atoms with Crippen molar-refractivity contribution in [2.75, 3.05) is 13.2 Å². The number of esters is 1. The molecule has 1 fully saturated rings. The molecule has 0 bridgehead atoms. The number of aliphatic hydroxyl groups is 6. The largest absolute Gasteiger partial charge is 0.452 e. The first-order valence-electron chi connectivity index (χ1n) is 8.15. The molecule has 0 aliphatic carbocycles. The summed E-state index contributed by atoms with van der Waals surface area (Å²) in [4.78, 5) is 12.1. The summed E-state index contributed by atoms with van der Waals surface area (Å²) in [7, 11) is 0. The summed E-state index contributed by atoms with van der Waals surface area (Å²) < 4.78 is 9.74. The van der Waals surface area contributed by atoms with E-state index in [1.54, 1.807) is 0 Å². The van der Waals surface area contributed by atoms with E-state index in [-0.39, 0.29) is 6.42 Å². The second kappa shape index (κ2) is 9.62. The number of rotatable bonds is 9. The second-order valence-electron chi connectivity index (χ2n) is 6.10. The zero-order valence-electron chi connectivity index (χ0n) is 13.7. The van der Waals surface area contributed by atoms with Crippen LogP contribution in [0.5, 0.6) is 0 Å². The van der Waals surface area contributed by atoms with Crippen LogP contribution in [-0.4, -0.2) is 86.1 Å². The Hall–Kier alpha value is -0.810. The van der Waals surface area contributed by atoms with Crippen molar-refractivity contribution in [1.82, 2.24) is 0 Å². The number of carbonyl (C=O) groups excluding carboxylic acids is 1. The van der Waals surface area contributed by atoms with Gasteiger partial charge in [-0.2, -0.15) is 0 Å². The van der Waals surface area contributed by atoms with E-state index in [9.17, 15) is 30.3 Å². The number of carbonyl (C=O) groups is 1. The zero-order valence-corrected chi connectivity index (χ0v) is 13.7. The van der Waals surface area contributed by atoms with Crippen molar-refractivity contribution >= 4 is 5.97 Å². The number of ether oxygens (including phenoxy) is 2. The molecular formula is C15H28O9. The quantitative estimate of drug-likeness (QED) is 0.204. The predicted octanol–water partition coefficient (Wildman–Crippen LogP) is -1.98. The summed E-state index contributed by atoms with van der Waals surface area (Å²) in [6.07, 6.45) is -4.86. The van der Waals surface area contributed by atoms with Crippen LogP contribution in [-0.2, 0) is 14.3 Å². The topological polar surface area (TPSA) is 157 Å². The van der Waals surface area contributed by atoms with E-state index >= 15 is 0 Å². The molecule has 9 nitrogen and oxygen atoms in total. The van der Waals surface area contributed by atoms with E-state index in [0.29, 0.717) is 6.42 Å². The van der Waals surface area contributed by atoms with Gasteiger partial charge in [-0.3, -0.25) is 0 Å². The number of aliphatic hydroxyl groups excluding tert-OH is 5. The molecule has 0 aromatic rings. The molecule has 9 heteroatoms. The summed E-state index contributed by atoms with van der Waals surface area (Å²) in [5.41, 5.74) is -2.16. The molecule has 2 unspecified atom stereocenters. The van der Waals surface area contributed by atoms with Crippen LogP contribution in [0, 0.1) is 0 Å².